The van der Waals surface area contributed by atoms with Crippen molar-refractivity contribution in [3.8, 4) is 0 Å². The predicted octanol–water partition coefficient (Wildman–Crippen LogP) is 5.43. The molecule has 0 aliphatic heterocycles. The fraction of sp³-hybridized carbons (Fsp3) is 1.00. The van der Waals surface area contributed by atoms with Crippen molar-refractivity contribution < 1.29 is 4.74 Å². The van der Waals surface area contributed by atoms with Gasteiger partial charge in [0, 0.05) is 6.61 Å². The predicted molar refractivity (Wildman–Crippen MR) is 77.4 cm³/mol. The van der Waals surface area contributed by atoms with Gasteiger partial charge in [-0.2, -0.15) is 0 Å². The topological polar surface area (TPSA) is 9.23 Å². The quantitative estimate of drug-likeness (QED) is 0.541. The molecule has 0 unspecified atom stereocenters. The second kappa shape index (κ2) is 7.41. The summed E-state index contributed by atoms with van der Waals surface area (Å²) in [7, 11) is 0. The van der Waals surface area contributed by atoms with Crippen LogP contribution in [0.25, 0.3) is 0 Å². The summed E-state index contributed by atoms with van der Waals surface area (Å²) in [6, 6.07) is 0. The van der Waals surface area contributed by atoms with Crippen LogP contribution in [0, 0.1) is 10.8 Å². The van der Waals surface area contributed by atoms with Gasteiger partial charge in [0.1, 0.15) is 0 Å². The van der Waals surface area contributed by atoms with Crippen LogP contribution in [0.3, 0.4) is 0 Å². The molecule has 0 saturated carbocycles. The molecule has 17 heavy (non-hydrogen) atoms. The van der Waals surface area contributed by atoms with E-state index in [9.17, 15) is 0 Å². The van der Waals surface area contributed by atoms with Crippen LogP contribution in [0.4, 0.5) is 0 Å². The highest BCUT2D eigenvalue weighted by Gasteiger charge is 2.35. The van der Waals surface area contributed by atoms with E-state index in [4.69, 9.17) is 4.74 Å². The summed E-state index contributed by atoms with van der Waals surface area (Å²) in [5, 5.41) is 0. The number of hydrogen-bond donors (Lipinski definition) is 0. The Kier molecular flexibility index (Phi) is 7.39. The van der Waals surface area contributed by atoms with Gasteiger partial charge in [0.2, 0.25) is 0 Å². The molecule has 0 saturated heterocycles. The second-order valence-corrected chi connectivity index (χ2v) is 7.40. The fourth-order valence-corrected chi connectivity index (χ4v) is 2.71. The summed E-state index contributed by atoms with van der Waals surface area (Å²) in [5.74, 6) is 0. The van der Waals surface area contributed by atoms with E-state index in [0.29, 0.717) is 6.10 Å². The molecule has 1 nitrogen and oxygen atoms in total. The van der Waals surface area contributed by atoms with E-state index in [2.05, 4.69) is 48.5 Å². The minimum Gasteiger partial charge on any atom is -0.377 e. The molecule has 0 aliphatic rings. The second-order valence-electron chi connectivity index (χ2n) is 7.40. The van der Waals surface area contributed by atoms with Crippen molar-refractivity contribution in [3.05, 3.63) is 0 Å². The molecule has 0 heterocycles. The van der Waals surface area contributed by atoms with Crippen LogP contribution < -0.4 is 0 Å². The molecule has 0 N–H and O–H groups in total. The average Bonchev–Trinajstić information content (AvgIpc) is 2.12. The molecular weight excluding hydrogens is 208 g/mol. The molecule has 0 aromatic heterocycles. The van der Waals surface area contributed by atoms with Gasteiger partial charge >= 0.3 is 0 Å². The molecule has 1 heteroatoms. The maximum absolute atomic E-state index is 6.15. The van der Waals surface area contributed by atoms with Crippen molar-refractivity contribution in [2.75, 3.05) is 6.61 Å². The molecule has 0 radical (unpaired) electrons. The van der Waals surface area contributed by atoms with Gasteiger partial charge in [0.25, 0.3) is 0 Å². The summed E-state index contributed by atoms with van der Waals surface area (Å²) < 4.78 is 6.15. The van der Waals surface area contributed by atoms with Crippen LogP contribution in [-0.4, -0.2) is 12.7 Å². The third kappa shape index (κ3) is 7.81. The summed E-state index contributed by atoms with van der Waals surface area (Å²) in [4.78, 5) is 0. The smallest absolute Gasteiger partial charge is 0.0671 e. The molecule has 0 spiro atoms. The Hall–Kier alpha value is -0.0400. The Labute approximate surface area is 109 Å². The Morgan fingerprint density at radius 3 is 1.65 bits per heavy atom. The maximum atomic E-state index is 6.15. The highest BCUT2D eigenvalue weighted by Crippen LogP contribution is 2.36. The highest BCUT2D eigenvalue weighted by atomic mass is 16.5. The summed E-state index contributed by atoms with van der Waals surface area (Å²) in [6.45, 7) is 16.8. The van der Waals surface area contributed by atoms with Crippen LogP contribution in [0.5, 0.6) is 0 Å². The number of ether oxygens (including phenoxy) is 1. The normalized spacial score (nSPS) is 13.4. The molecule has 0 amide bonds. The van der Waals surface area contributed by atoms with Crippen LogP contribution in [0.2, 0.25) is 0 Å². The largest absolute Gasteiger partial charge is 0.377 e. The van der Waals surface area contributed by atoms with Crippen LogP contribution in [-0.2, 0) is 4.74 Å². The molecular formula is C16H34O. The zero-order valence-electron chi connectivity index (χ0n) is 13.2. The third-order valence-corrected chi connectivity index (χ3v) is 3.11. The van der Waals surface area contributed by atoms with E-state index in [1.165, 1.54) is 32.1 Å². The zero-order valence-corrected chi connectivity index (χ0v) is 13.2. The fourth-order valence-electron chi connectivity index (χ4n) is 2.71. The zero-order chi connectivity index (χ0) is 13.5. The summed E-state index contributed by atoms with van der Waals surface area (Å²) in [6.07, 6.45) is 6.89. The molecule has 0 atom stereocenters. The summed E-state index contributed by atoms with van der Waals surface area (Å²) >= 11 is 0. The van der Waals surface area contributed by atoms with Gasteiger partial charge in [-0.3, -0.25) is 0 Å². The lowest BCUT2D eigenvalue weighted by molar-refractivity contribution is -0.0827. The number of unbranched alkanes of at least 4 members (excludes halogenated alkanes) is 4. The Morgan fingerprint density at radius 1 is 0.765 bits per heavy atom. The first-order chi connectivity index (χ1) is 7.69. The first kappa shape index (κ1) is 17.0. The van der Waals surface area contributed by atoms with Gasteiger partial charge in [0.05, 0.1) is 6.10 Å². The summed E-state index contributed by atoms with van der Waals surface area (Å²) in [5.41, 5.74) is 0.448. The molecule has 0 aliphatic carbocycles. The first-order valence-electron chi connectivity index (χ1n) is 7.31. The molecule has 0 bridgehead atoms. The van der Waals surface area contributed by atoms with Gasteiger partial charge in [-0.1, -0.05) is 74.1 Å². The molecule has 0 fully saturated rings. The van der Waals surface area contributed by atoms with Gasteiger partial charge in [-0.05, 0) is 17.3 Å². The van der Waals surface area contributed by atoms with Gasteiger partial charge in [-0.15, -0.1) is 0 Å². The van der Waals surface area contributed by atoms with Crippen molar-refractivity contribution in [1.82, 2.24) is 0 Å². The molecule has 104 valence electrons. The molecule has 0 aromatic rings. The lowest BCUT2D eigenvalue weighted by Gasteiger charge is -2.40. The SMILES string of the molecule is CCCCCCCOC(C(C)(C)C)C(C)(C)C. The minimum absolute atomic E-state index is 0.224. The van der Waals surface area contributed by atoms with E-state index in [-0.39, 0.29) is 10.8 Å². The van der Waals surface area contributed by atoms with E-state index in [1.807, 2.05) is 0 Å². The third-order valence-electron chi connectivity index (χ3n) is 3.11. The molecule has 0 rings (SSSR count). The Morgan fingerprint density at radius 2 is 1.24 bits per heavy atom. The van der Waals surface area contributed by atoms with Crippen molar-refractivity contribution in [3.63, 3.8) is 0 Å². The average molecular weight is 242 g/mol. The maximum Gasteiger partial charge on any atom is 0.0671 e. The Bertz CT molecular complexity index is 169. The van der Waals surface area contributed by atoms with Crippen LogP contribution >= 0.6 is 0 Å². The monoisotopic (exact) mass is 242 g/mol. The van der Waals surface area contributed by atoms with Crippen molar-refractivity contribution in [1.29, 1.82) is 0 Å². The number of hydrogen-bond acceptors (Lipinski definition) is 1. The van der Waals surface area contributed by atoms with Crippen molar-refractivity contribution in [2.24, 2.45) is 10.8 Å². The highest BCUT2D eigenvalue weighted by molar-refractivity contribution is 4.84. The Balaban J connectivity index is 3.95. The first-order valence-corrected chi connectivity index (χ1v) is 7.31. The van der Waals surface area contributed by atoms with Crippen molar-refractivity contribution >= 4 is 0 Å². The van der Waals surface area contributed by atoms with Crippen LogP contribution in [0.15, 0.2) is 0 Å². The van der Waals surface area contributed by atoms with Gasteiger partial charge in [0.15, 0.2) is 0 Å². The minimum atomic E-state index is 0.224. The van der Waals surface area contributed by atoms with Crippen molar-refractivity contribution in [2.45, 2.75) is 86.7 Å². The van der Waals surface area contributed by atoms with E-state index < -0.39 is 0 Å². The van der Waals surface area contributed by atoms with Gasteiger partial charge in [-0.25, -0.2) is 0 Å². The van der Waals surface area contributed by atoms with E-state index in [0.717, 1.165) is 6.61 Å². The van der Waals surface area contributed by atoms with Crippen LogP contribution in [0.1, 0.15) is 80.6 Å². The molecule has 0 aromatic carbocycles. The lowest BCUT2D eigenvalue weighted by Crippen LogP contribution is -2.40. The van der Waals surface area contributed by atoms with Gasteiger partial charge < -0.3 is 4.74 Å². The lowest BCUT2D eigenvalue weighted by atomic mass is 9.74. The standard InChI is InChI=1S/C16H34O/c1-8-9-10-11-12-13-17-14(15(2,3)4)16(5,6)7/h14H,8-13H2,1-7H3. The number of rotatable bonds is 7. The van der Waals surface area contributed by atoms with E-state index >= 15 is 0 Å². The van der Waals surface area contributed by atoms with E-state index in [1.54, 1.807) is 0 Å².